The fourth-order valence-electron chi connectivity index (χ4n) is 1.08. The Morgan fingerprint density at radius 1 is 1.57 bits per heavy atom. The fourth-order valence-corrected chi connectivity index (χ4v) is 1.08. The largest absolute Gasteiger partial charge is 0.442 e. The van der Waals surface area contributed by atoms with Gasteiger partial charge in [-0.3, -0.25) is 0 Å². The molecule has 0 aromatic carbocycles. The number of rotatable bonds is 4. The van der Waals surface area contributed by atoms with Gasteiger partial charge in [0.25, 0.3) is 6.43 Å². The molecule has 5 heteroatoms. The molecule has 1 rings (SSSR count). The second-order valence-corrected chi connectivity index (χ2v) is 3.10. The third-order valence-corrected chi connectivity index (χ3v) is 1.65. The van der Waals surface area contributed by atoms with Gasteiger partial charge >= 0.3 is 0 Å². The predicted molar refractivity (Wildman–Crippen MR) is 46.3 cm³/mol. The van der Waals surface area contributed by atoms with E-state index in [1.807, 2.05) is 0 Å². The van der Waals surface area contributed by atoms with Crippen molar-refractivity contribution in [2.24, 2.45) is 0 Å². The van der Waals surface area contributed by atoms with Gasteiger partial charge in [-0.25, -0.2) is 13.8 Å². The van der Waals surface area contributed by atoms with Crippen LogP contribution in [0.3, 0.4) is 0 Å². The molecule has 0 aliphatic rings. The lowest BCUT2D eigenvalue weighted by atomic mass is 10.1. The number of oxazole rings is 1. The number of alkyl halides is 2. The van der Waals surface area contributed by atoms with Gasteiger partial charge in [0.2, 0.25) is 5.89 Å². The molecule has 80 valence electrons. The summed E-state index contributed by atoms with van der Waals surface area (Å²) >= 11 is 0. The Morgan fingerprint density at radius 2 is 2.29 bits per heavy atom. The van der Waals surface area contributed by atoms with Crippen LogP contribution in [0.15, 0.2) is 4.42 Å². The summed E-state index contributed by atoms with van der Waals surface area (Å²) in [5, 5.41) is 0. The average molecular weight is 208 g/mol. The maximum Gasteiger partial charge on any atom is 0.283 e. The van der Waals surface area contributed by atoms with Gasteiger partial charge in [-0.2, -0.15) is 0 Å². The van der Waals surface area contributed by atoms with Crippen molar-refractivity contribution in [3.63, 3.8) is 0 Å². The zero-order chi connectivity index (χ0) is 13.2. The summed E-state index contributed by atoms with van der Waals surface area (Å²) in [6.07, 6.45) is -2.75. The van der Waals surface area contributed by atoms with Crippen LogP contribution in [0.5, 0.6) is 0 Å². The van der Waals surface area contributed by atoms with Gasteiger partial charge in [-0.1, -0.05) is 13.8 Å². The zero-order valence-corrected chi connectivity index (χ0v) is 7.88. The molecular weight excluding hydrogens is 192 g/mol. The van der Waals surface area contributed by atoms with Crippen LogP contribution in [0.2, 0.25) is 0 Å². The first kappa shape index (κ1) is 7.34. The average Bonchev–Trinajstić information content (AvgIpc) is 2.57. The molecule has 1 aromatic heterocycles. The number of aromatic nitrogens is 1. The zero-order valence-electron chi connectivity index (χ0n) is 10.9. The SMILES string of the molecule is [2H]C([2H])([2H])OCc1nc(C(F)F)c(C(C)C)o1. The van der Waals surface area contributed by atoms with Crippen LogP contribution in [-0.4, -0.2) is 12.0 Å². The van der Waals surface area contributed by atoms with Crippen molar-refractivity contribution in [1.29, 1.82) is 0 Å². The highest BCUT2D eigenvalue weighted by atomic mass is 19.3. The minimum Gasteiger partial charge on any atom is -0.442 e. The van der Waals surface area contributed by atoms with Crippen molar-refractivity contribution in [2.45, 2.75) is 32.8 Å². The number of methoxy groups -OCH3 is 1. The highest BCUT2D eigenvalue weighted by molar-refractivity contribution is 5.14. The van der Waals surface area contributed by atoms with E-state index in [9.17, 15) is 8.78 Å². The molecule has 0 amide bonds. The predicted octanol–water partition coefficient (Wildman–Crippen LogP) is 2.88. The maximum atomic E-state index is 12.6. The highest BCUT2D eigenvalue weighted by Crippen LogP contribution is 2.28. The molecule has 0 atom stereocenters. The first-order valence-electron chi connectivity index (χ1n) is 5.62. The van der Waals surface area contributed by atoms with Crippen molar-refractivity contribution in [1.82, 2.24) is 4.98 Å². The van der Waals surface area contributed by atoms with Crippen LogP contribution in [0, 0.1) is 0 Å². The van der Waals surface area contributed by atoms with E-state index in [0.29, 0.717) is 0 Å². The van der Waals surface area contributed by atoms with Crippen LogP contribution in [0.25, 0.3) is 0 Å². The van der Waals surface area contributed by atoms with E-state index in [-0.39, 0.29) is 17.6 Å². The normalized spacial score (nSPS) is 15.7. The molecule has 0 unspecified atom stereocenters. The van der Waals surface area contributed by atoms with Gasteiger partial charge in [0.1, 0.15) is 18.1 Å². The molecule has 0 bridgehead atoms. The Balaban J connectivity index is 2.85. The first-order valence-corrected chi connectivity index (χ1v) is 4.12. The molecule has 1 aromatic rings. The molecule has 0 saturated carbocycles. The van der Waals surface area contributed by atoms with Crippen molar-refractivity contribution in [3.8, 4) is 0 Å². The van der Waals surface area contributed by atoms with Crippen molar-refractivity contribution >= 4 is 0 Å². The van der Waals surface area contributed by atoms with Crippen LogP contribution in [0.4, 0.5) is 8.78 Å². The van der Waals surface area contributed by atoms with E-state index < -0.39 is 25.8 Å². The lowest BCUT2D eigenvalue weighted by Crippen LogP contribution is -1.93. The summed E-state index contributed by atoms with van der Waals surface area (Å²) in [5.74, 6) is -0.350. The highest BCUT2D eigenvalue weighted by Gasteiger charge is 2.22. The van der Waals surface area contributed by atoms with Crippen molar-refractivity contribution in [3.05, 3.63) is 17.3 Å². The molecule has 1 heterocycles. The van der Waals surface area contributed by atoms with E-state index in [4.69, 9.17) is 8.53 Å². The quantitative estimate of drug-likeness (QED) is 0.763. The topological polar surface area (TPSA) is 35.3 Å². The van der Waals surface area contributed by atoms with Gasteiger partial charge in [0.05, 0.1) is 4.11 Å². The third-order valence-electron chi connectivity index (χ3n) is 1.65. The van der Waals surface area contributed by atoms with Crippen LogP contribution < -0.4 is 0 Å². The summed E-state index contributed by atoms with van der Waals surface area (Å²) < 4.78 is 55.1. The standard InChI is InChI=1S/C9H13F2NO2/c1-5(2)8-7(9(10)11)12-6(14-8)4-13-3/h5,9H,4H2,1-3H3/i3D3. The number of halogens is 2. The molecule has 0 spiro atoms. The van der Waals surface area contributed by atoms with Gasteiger partial charge < -0.3 is 9.15 Å². The van der Waals surface area contributed by atoms with Crippen LogP contribution in [0.1, 0.15) is 47.6 Å². The Kier molecular flexibility index (Phi) is 2.36. The number of nitrogens with zero attached hydrogens (tertiary/aromatic N) is 1. The van der Waals surface area contributed by atoms with E-state index in [1.54, 1.807) is 13.8 Å². The number of hydrogen-bond donors (Lipinski definition) is 0. The number of hydrogen-bond acceptors (Lipinski definition) is 3. The van der Waals surface area contributed by atoms with E-state index in [2.05, 4.69) is 9.72 Å². The van der Waals surface area contributed by atoms with E-state index >= 15 is 0 Å². The Hall–Kier alpha value is -0.970. The summed E-state index contributed by atoms with van der Waals surface area (Å²) in [7, 11) is -2.60. The third kappa shape index (κ3) is 2.29. The lowest BCUT2D eigenvalue weighted by Gasteiger charge is -2.01. The number of ether oxygens (including phenoxy) is 1. The van der Waals surface area contributed by atoms with Gasteiger partial charge in [-0.05, 0) is 0 Å². The lowest BCUT2D eigenvalue weighted by molar-refractivity contribution is 0.143. The second-order valence-electron chi connectivity index (χ2n) is 3.10. The van der Waals surface area contributed by atoms with E-state index in [0.717, 1.165) is 0 Å². The Bertz CT molecular complexity index is 351. The molecule has 0 fully saturated rings. The smallest absolute Gasteiger partial charge is 0.283 e. The summed E-state index contributed by atoms with van der Waals surface area (Å²) in [6, 6.07) is 0. The fraction of sp³-hybridized carbons (Fsp3) is 0.667. The Morgan fingerprint density at radius 3 is 2.71 bits per heavy atom. The van der Waals surface area contributed by atoms with E-state index in [1.165, 1.54) is 0 Å². The van der Waals surface area contributed by atoms with Crippen molar-refractivity contribution < 1.29 is 22.0 Å². The van der Waals surface area contributed by atoms with Crippen molar-refractivity contribution in [2.75, 3.05) is 7.04 Å². The molecule has 0 aliphatic carbocycles. The van der Waals surface area contributed by atoms with Gasteiger partial charge in [0, 0.05) is 13.0 Å². The van der Waals surface area contributed by atoms with Gasteiger partial charge in [-0.15, -0.1) is 0 Å². The summed E-state index contributed by atoms with van der Waals surface area (Å²) in [6.45, 7) is 2.91. The minimum atomic E-state index is -2.75. The van der Waals surface area contributed by atoms with Crippen LogP contribution in [-0.2, 0) is 11.3 Å². The molecule has 0 N–H and O–H groups in total. The first-order chi connectivity index (χ1) is 7.70. The van der Waals surface area contributed by atoms with Gasteiger partial charge in [0.15, 0.2) is 0 Å². The monoisotopic (exact) mass is 208 g/mol. The molecule has 0 aliphatic heterocycles. The summed E-state index contributed by atoms with van der Waals surface area (Å²) in [5.41, 5.74) is -0.454. The molecular formula is C9H13F2NO2. The maximum absolute atomic E-state index is 12.6. The molecule has 0 radical (unpaired) electrons. The molecule has 14 heavy (non-hydrogen) atoms. The Labute approximate surface area is 85.3 Å². The second kappa shape index (κ2) is 4.50. The van der Waals surface area contributed by atoms with Crippen LogP contribution >= 0.6 is 0 Å². The minimum absolute atomic E-state index is 0.0594. The molecule has 3 nitrogen and oxygen atoms in total. The molecule has 0 saturated heterocycles. The summed E-state index contributed by atoms with van der Waals surface area (Å²) in [4.78, 5) is 3.54.